The molecule has 1 fully saturated rings. The van der Waals surface area contributed by atoms with Gasteiger partial charge in [-0.2, -0.15) is 0 Å². The third kappa shape index (κ3) is 5.11. The molecule has 0 bridgehead atoms. The summed E-state index contributed by atoms with van der Waals surface area (Å²) in [5, 5.41) is 3.35. The Kier molecular flexibility index (Phi) is 6.27. The molecule has 0 spiro atoms. The summed E-state index contributed by atoms with van der Waals surface area (Å²) in [5.74, 6) is 0.684. The predicted molar refractivity (Wildman–Crippen MR) is 78.1 cm³/mol. The van der Waals surface area contributed by atoms with Gasteiger partial charge in [-0.15, -0.1) is 0 Å². The van der Waals surface area contributed by atoms with E-state index >= 15 is 0 Å². The van der Waals surface area contributed by atoms with Crippen LogP contribution in [0.5, 0.6) is 0 Å². The van der Waals surface area contributed by atoms with E-state index in [1.807, 2.05) is 6.92 Å². The maximum absolute atomic E-state index is 12.0. The summed E-state index contributed by atoms with van der Waals surface area (Å²) in [6, 6.07) is 0.269. The minimum atomic E-state index is -0.577. The Morgan fingerprint density at radius 3 is 2.47 bits per heavy atom. The Morgan fingerprint density at radius 1 is 1.42 bits per heavy atom. The fraction of sp³-hybridized carbons (Fsp3) is 0.933. The number of esters is 1. The van der Waals surface area contributed by atoms with E-state index < -0.39 is 5.54 Å². The van der Waals surface area contributed by atoms with Crippen LogP contribution in [0.3, 0.4) is 0 Å². The molecule has 0 saturated carbocycles. The Hall–Kier alpha value is -0.610. The van der Waals surface area contributed by atoms with Crippen molar-refractivity contribution < 1.29 is 9.53 Å². The van der Waals surface area contributed by atoms with Crippen molar-refractivity contribution in [3.8, 4) is 0 Å². The topological polar surface area (TPSA) is 41.6 Å². The van der Waals surface area contributed by atoms with Gasteiger partial charge >= 0.3 is 5.97 Å². The lowest BCUT2D eigenvalue weighted by atomic mass is 9.94. The van der Waals surface area contributed by atoms with Gasteiger partial charge in [0.05, 0.1) is 7.11 Å². The molecular weight excluding hydrogens is 240 g/mol. The molecule has 1 aliphatic heterocycles. The molecule has 0 aromatic heterocycles. The van der Waals surface area contributed by atoms with Crippen LogP contribution in [0, 0.1) is 5.92 Å². The third-order valence-corrected chi connectivity index (χ3v) is 4.05. The van der Waals surface area contributed by atoms with Crippen LogP contribution in [0.15, 0.2) is 0 Å². The highest BCUT2D eigenvalue weighted by Crippen LogP contribution is 2.19. The molecule has 1 aliphatic rings. The molecule has 0 aliphatic carbocycles. The molecule has 0 radical (unpaired) electrons. The summed E-state index contributed by atoms with van der Waals surface area (Å²) in [4.78, 5) is 14.5. The first-order chi connectivity index (χ1) is 8.87. The summed E-state index contributed by atoms with van der Waals surface area (Å²) in [5.41, 5.74) is -0.577. The zero-order chi connectivity index (χ0) is 14.5. The molecule has 19 heavy (non-hydrogen) atoms. The second-order valence-corrected chi connectivity index (χ2v) is 6.40. The predicted octanol–water partition coefficient (Wildman–Crippen LogP) is 2.04. The van der Waals surface area contributed by atoms with E-state index in [4.69, 9.17) is 4.74 Å². The van der Waals surface area contributed by atoms with Gasteiger partial charge < -0.3 is 9.64 Å². The van der Waals surface area contributed by atoms with Crippen molar-refractivity contribution in [3.63, 3.8) is 0 Å². The van der Waals surface area contributed by atoms with Gasteiger partial charge in [0.2, 0.25) is 0 Å². The molecule has 0 aromatic rings. The van der Waals surface area contributed by atoms with Crippen LogP contribution in [-0.4, -0.2) is 49.2 Å². The molecule has 1 saturated heterocycles. The molecule has 0 aromatic carbocycles. The largest absolute Gasteiger partial charge is 0.468 e. The maximum atomic E-state index is 12.0. The van der Waals surface area contributed by atoms with E-state index in [1.54, 1.807) is 0 Å². The van der Waals surface area contributed by atoms with Crippen molar-refractivity contribution in [2.24, 2.45) is 5.92 Å². The highest BCUT2D eigenvalue weighted by Gasteiger charge is 2.35. The smallest absolute Gasteiger partial charge is 0.325 e. The number of hydrogen-bond donors (Lipinski definition) is 1. The van der Waals surface area contributed by atoms with Crippen molar-refractivity contribution in [2.45, 2.75) is 58.5 Å². The lowest BCUT2D eigenvalue weighted by molar-refractivity contribution is -0.148. The summed E-state index contributed by atoms with van der Waals surface area (Å²) in [6.45, 7) is 11.6. The molecule has 1 unspecified atom stereocenters. The first-order valence-electron chi connectivity index (χ1n) is 7.46. The fourth-order valence-corrected chi connectivity index (χ4v) is 2.76. The number of rotatable bonds is 6. The Balaban J connectivity index is 2.51. The number of methoxy groups -OCH3 is 1. The molecule has 1 heterocycles. The highest BCUT2D eigenvalue weighted by atomic mass is 16.5. The van der Waals surface area contributed by atoms with Crippen molar-refractivity contribution >= 4 is 5.97 Å². The Morgan fingerprint density at radius 2 is 2.00 bits per heavy atom. The second kappa shape index (κ2) is 7.25. The number of likely N-dealkylation sites (tertiary alicyclic amines) is 1. The quantitative estimate of drug-likeness (QED) is 0.750. The molecule has 1 rings (SSSR count). The van der Waals surface area contributed by atoms with E-state index in [2.05, 4.69) is 31.0 Å². The number of nitrogens with zero attached hydrogens (tertiary/aromatic N) is 1. The van der Waals surface area contributed by atoms with Gasteiger partial charge in [0.25, 0.3) is 0 Å². The van der Waals surface area contributed by atoms with Crippen LogP contribution >= 0.6 is 0 Å². The minimum Gasteiger partial charge on any atom is -0.468 e. The van der Waals surface area contributed by atoms with Gasteiger partial charge in [0.1, 0.15) is 5.54 Å². The maximum Gasteiger partial charge on any atom is 0.325 e. The average Bonchev–Trinajstić information content (AvgIpc) is 2.36. The number of piperidine rings is 1. The lowest BCUT2D eigenvalue weighted by Crippen LogP contribution is -2.54. The van der Waals surface area contributed by atoms with Crippen molar-refractivity contribution in [2.75, 3.05) is 26.7 Å². The SMILES string of the molecule is COC(=O)C(C)(CCN1CCC(C)CC1)NC(C)C. The molecular formula is C15H30N2O2. The van der Waals surface area contributed by atoms with Crippen LogP contribution in [0.25, 0.3) is 0 Å². The fourth-order valence-electron chi connectivity index (χ4n) is 2.76. The Bertz CT molecular complexity index is 286. The summed E-state index contributed by atoms with van der Waals surface area (Å²) < 4.78 is 4.95. The zero-order valence-electron chi connectivity index (χ0n) is 13.2. The third-order valence-electron chi connectivity index (χ3n) is 4.05. The molecule has 1 N–H and O–H groups in total. The first-order valence-corrected chi connectivity index (χ1v) is 7.46. The molecule has 112 valence electrons. The lowest BCUT2D eigenvalue weighted by Gasteiger charge is -2.35. The van der Waals surface area contributed by atoms with Crippen LogP contribution in [-0.2, 0) is 9.53 Å². The molecule has 1 atom stereocenters. The van der Waals surface area contributed by atoms with Crippen LogP contribution in [0.4, 0.5) is 0 Å². The molecule has 0 amide bonds. The van der Waals surface area contributed by atoms with E-state index in [-0.39, 0.29) is 12.0 Å². The molecule has 4 nitrogen and oxygen atoms in total. The summed E-state index contributed by atoms with van der Waals surface area (Å²) >= 11 is 0. The number of ether oxygens (including phenoxy) is 1. The van der Waals surface area contributed by atoms with Gasteiger partial charge in [-0.25, -0.2) is 0 Å². The average molecular weight is 270 g/mol. The van der Waals surface area contributed by atoms with Gasteiger partial charge in [0, 0.05) is 12.6 Å². The summed E-state index contributed by atoms with van der Waals surface area (Å²) in [6.07, 6.45) is 3.34. The van der Waals surface area contributed by atoms with E-state index in [1.165, 1.54) is 20.0 Å². The highest BCUT2D eigenvalue weighted by molar-refractivity contribution is 5.80. The number of carbonyl (C=O) groups is 1. The van der Waals surface area contributed by atoms with Crippen LogP contribution < -0.4 is 5.32 Å². The van der Waals surface area contributed by atoms with Gasteiger partial charge in [-0.3, -0.25) is 10.1 Å². The van der Waals surface area contributed by atoms with E-state index in [0.717, 1.165) is 32.0 Å². The Labute approximate surface area is 117 Å². The van der Waals surface area contributed by atoms with Crippen LogP contribution in [0.2, 0.25) is 0 Å². The van der Waals surface area contributed by atoms with Gasteiger partial charge in [0.15, 0.2) is 0 Å². The van der Waals surface area contributed by atoms with Gasteiger partial charge in [-0.1, -0.05) is 6.92 Å². The minimum absolute atomic E-state index is 0.161. The van der Waals surface area contributed by atoms with E-state index in [9.17, 15) is 4.79 Å². The second-order valence-electron chi connectivity index (χ2n) is 6.40. The zero-order valence-corrected chi connectivity index (χ0v) is 13.2. The van der Waals surface area contributed by atoms with Crippen molar-refractivity contribution in [3.05, 3.63) is 0 Å². The summed E-state index contributed by atoms with van der Waals surface area (Å²) in [7, 11) is 1.46. The van der Waals surface area contributed by atoms with Crippen LogP contribution in [0.1, 0.15) is 47.0 Å². The van der Waals surface area contributed by atoms with Gasteiger partial charge in [-0.05, 0) is 59.0 Å². The first kappa shape index (κ1) is 16.4. The number of nitrogens with one attached hydrogen (secondary N) is 1. The number of hydrogen-bond acceptors (Lipinski definition) is 4. The van der Waals surface area contributed by atoms with Crippen molar-refractivity contribution in [1.82, 2.24) is 10.2 Å². The molecule has 4 heteroatoms. The van der Waals surface area contributed by atoms with E-state index in [0.29, 0.717) is 0 Å². The standard InChI is InChI=1S/C15H30N2O2/c1-12(2)16-15(4,14(18)19-5)8-11-17-9-6-13(3)7-10-17/h12-13,16H,6-11H2,1-5H3. The number of carbonyl (C=O) groups excluding carboxylic acids is 1. The van der Waals surface area contributed by atoms with Crippen molar-refractivity contribution in [1.29, 1.82) is 0 Å². The monoisotopic (exact) mass is 270 g/mol. The normalized spacial score (nSPS) is 21.4.